The van der Waals surface area contributed by atoms with Gasteiger partial charge in [0.2, 0.25) is 5.95 Å². The molecule has 0 unspecified atom stereocenters. The Hall–Kier alpha value is -1.20. The second-order valence-electron chi connectivity index (χ2n) is 7.60. The average molecular weight is 316 g/mol. The molecule has 1 saturated carbocycles. The van der Waals surface area contributed by atoms with E-state index in [-0.39, 0.29) is 0 Å². The molecule has 3 heterocycles. The summed E-state index contributed by atoms with van der Waals surface area (Å²) in [5.41, 5.74) is 1.87. The van der Waals surface area contributed by atoms with Gasteiger partial charge in [-0.15, -0.1) is 0 Å². The van der Waals surface area contributed by atoms with Crippen LogP contribution in [0.2, 0.25) is 0 Å². The van der Waals surface area contributed by atoms with Gasteiger partial charge in [0, 0.05) is 44.2 Å². The molecule has 1 spiro atoms. The van der Waals surface area contributed by atoms with Crippen LogP contribution in [-0.4, -0.2) is 47.2 Å². The lowest BCUT2D eigenvalue weighted by atomic mass is 9.86. The largest absolute Gasteiger partial charge is 0.376 e. The van der Waals surface area contributed by atoms with Crippen LogP contribution in [0.3, 0.4) is 0 Å². The number of aromatic nitrogens is 2. The molecule has 1 aliphatic carbocycles. The Labute approximate surface area is 138 Å². The molecule has 4 rings (SSSR count). The van der Waals surface area contributed by atoms with E-state index in [9.17, 15) is 0 Å². The van der Waals surface area contributed by atoms with E-state index in [1.165, 1.54) is 57.2 Å². The normalized spacial score (nSPS) is 27.0. The first-order valence-corrected chi connectivity index (χ1v) is 9.20. The molecular weight excluding hydrogens is 288 g/mol. The van der Waals surface area contributed by atoms with Gasteiger partial charge in [-0.1, -0.05) is 12.8 Å². The third-order valence-electron chi connectivity index (χ3n) is 5.80. The van der Waals surface area contributed by atoms with Gasteiger partial charge in [0.1, 0.15) is 0 Å². The number of hydrogen-bond donors (Lipinski definition) is 1. The molecule has 0 amide bonds. The molecule has 0 radical (unpaired) electrons. The highest BCUT2D eigenvalue weighted by Crippen LogP contribution is 2.45. The summed E-state index contributed by atoms with van der Waals surface area (Å²) in [4.78, 5) is 11.5. The SMILES string of the molecule is c1nc(NC[C@@H]2CCCO2)ncc1CN1CCC2(CCCC2)C1. The van der Waals surface area contributed by atoms with E-state index in [1.807, 2.05) is 12.4 Å². The summed E-state index contributed by atoms with van der Waals surface area (Å²) in [5.74, 6) is 0.720. The molecule has 5 heteroatoms. The topological polar surface area (TPSA) is 50.3 Å². The van der Waals surface area contributed by atoms with Crippen LogP contribution < -0.4 is 5.32 Å². The summed E-state index contributed by atoms with van der Waals surface area (Å²) in [7, 11) is 0. The van der Waals surface area contributed by atoms with E-state index < -0.39 is 0 Å². The molecule has 0 bridgehead atoms. The quantitative estimate of drug-likeness (QED) is 0.905. The molecule has 1 aromatic heterocycles. The molecule has 3 fully saturated rings. The maximum Gasteiger partial charge on any atom is 0.222 e. The monoisotopic (exact) mass is 316 g/mol. The minimum atomic E-state index is 0.325. The minimum Gasteiger partial charge on any atom is -0.376 e. The summed E-state index contributed by atoms with van der Waals surface area (Å²) in [5, 5.41) is 3.29. The fourth-order valence-electron chi connectivity index (χ4n) is 4.49. The predicted molar refractivity (Wildman–Crippen MR) is 90.3 cm³/mol. The smallest absolute Gasteiger partial charge is 0.222 e. The van der Waals surface area contributed by atoms with Crippen molar-refractivity contribution in [2.24, 2.45) is 5.41 Å². The van der Waals surface area contributed by atoms with Crippen LogP contribution in [0.5, 0.6) is 0 Å². The van der Waals surface area contributed by atoms with Crippen molar-refractivity contribution in [3.05, 3.63) is 18.0 Å². The molecule has 126 valence electrons. The summed E-state index contributed by atoms with van der Waals surface area (Å²) >= 11 is 0. The molecule has 1 aromatic rings. The molecule has 2 saturated heterocycles. The third-order valence-corrected chi connectivity index (χ3v) is 5.80. The van der Waals surface area contributed by atoms with E-state index in [0.29, 0.717) is 11.5 Å². The van der Waals surface area contributed by atoms with Gasteiger partial charge >= 0.3 is 0 Å². The van der Waals surface area contributed by atoms with Crippen LogP contribution >= 0.6 is 0 Å². The van der Waals surface area contributed by atoms with E-state index in [0.717, 1.165) is 32.1 Å². The zero-order chi connectivity index (χ0) is 15.5. The van der Waals surface area contributed by atoms with E-state index >= 15 is 0 Å². The second kappa shape index (κ2) is 6.73. The van der Waals surface area contributed by atoms with Gasteiger partial charge in [0.15, 0.2) is 0 Å². The van der Waals surface area contributed by atoms with Crippen molar-refractivity contribution in [3.63, 3.8) is 0 Å². The van der Waals surface area contributed by atoms with Gasteiger partial charge in [0.05, 0.1) is 6.10 Å². The molecule has 23 heavy (non-hydrogen) atoms. The third kappa shape index (κ3) is 3.66. The summed E-state index contributed by atoms with van der Waals surface area (Å²) in [6.45, 7) is 5.20. The maximum atomic E-state index is 5.61. The summed E-state index contributed by atoms with van der Waals surface area (Å²) in [6, 6.07) is 0. The minimum absolute atomic E-state index is 0.325. The Morgan fingerprint density at radius 2 is 2.00 bits per heavy atom. The zero-order valence-electron chi connectivity index (χ0n) is 14.0. The number of ether oxygens (including phenoxy) is 1. The highest BCUT2D eigenvalue weighted by molar-refractivity contribution is 5.25. The molecule has 2 aliphatic heterocycles. The Bertz CT molecular complexity index is 506. The fourth-order valence-corrected chi connectivity index (χ4v) is 4.49. The van der Waals surface area contributed by atoms with Crippen molar-refractivity contribution < 1.29 is 4.74 Å². The van der Waals surface area contributed by atoms with Crippen molar-refractivity contribution in [2.75, 3.05) is 31.6 Å². The number of rotatable bonds is 5. The molecule has 1 N–H and O–H groups in total. The first-order chi connectivity index (χ1) is 11.3. The zero-order valence-corrected chi connectivity index (χ0v) is 14.0. The van der Waals surface area contributed by atoms with Crippen LogP contribution in [0.15, 0.2) is 12.4 Å². The standard InChI is InChI=1S/C18H28N4O/c1-2-6-18(5-1)7-8-22(14-18)13-15-10-19-17(20-11-15)21-12-16-4-3-9-23-16/h10-11,16H,1-9,12-14H2,(H,19,20,21)/t16-/m0/s1. The van der Waals surface area contributed by atoms with E-state index in [4.69, 9.17) is 4.74 Å². The molecule has 5 nitrogen and oxygen atoms in total. The summed E-state index contributed by atoms with van der Waals surface area (Å²) < 4.78 is 5.61. The van der Waals surface area contributed by atoms with E-state index in [2.05, 4.69) is 20.2 Å². The number of nitrogens with zero attached hydrogens (tertiary/aromatic N) is 3. The molecule has 0 aromatic carbocycles. The van der Waals surface area contributed by atoms with Crippen LogP contribution in [0.1, 0.15) is 50.5 Å². The summed E-state index contributed by atoms with van der Waals surface area (Å²) in [6.07, 6.45) is 13.7. The number of nitrogens with one attached hydrogen (secondary N) is 1. The highest BCUT2D eigenvalue weighted by atomic mass is 16.5. The maximum absolute atomic E-state index is 5.61. The van der Waals surface area contributed by atoms with Gasteiger partial charge < -0.3 is 10.1 Å². The highest BCUT2D eigenvalue weighted by Gasteiger charge is 2.39. The van der Waals surface area contributed by atoms with Gasteiger partial charge in [0.25, 0.3) is 0 Å². The van der Waals surface area contributed by atoms with Crippen LogP contribution in [-0.2, 0) is 11.3 Å². The second-order valence-corrected chi connectivity index (χ2v) is 7.60. The lowest BCUT2D eigenvalue weighted by Crippen LogP contribution is -2.25. The van der Waals surface area contributed by atoms with Crippen molar-refractivity contribution in [1.29, 1.82) is 0 Å². The predicted octanol–water partition coefficient (Wildman–Crippen LogP) is 2.83. The first-order valence-electron chi connectivity index (χ1n) is 9.20. The first kappa shape index (κ1) is 15.3. The number of anilines is 1. The number of likely N-dealkylation sites (tertiary alicyclic amines) is 1. The average Bonchev–Trinajstić information content (AvgIpc) is 3.31. The van der Waals surface area contributed by atoms with Gasteiger partial charge in [-0.3, -0.25) is 4.90 Å². The van der Waals surface area contributed by atoms with Crippen LogP contribution in [0.25, 0.3) is 0 Å². The van der Waals surface area contributed by atoms with Crippen molar-refractivity contribution in [1.82, 2.24) is 14.9 Å². The van der Waals surface area contributed by atoms with Crippen LogP contribution in [0, 0.1) is 5.41 Å². The van der Waals surface area contributed by atoms with Gasteiger partial charge in [-0.05, 0) is 44.1 Å². The van der Waals surface area contributed by atoms with Crippen LogP contribution in [0.4, 0.5) is 5.95 Å². The lowest BCUT2D eigenvalue weighted by molar-refractivity contribution is 0.120. The van der Waals surface area contributed by atoms with Gasteiger partial charge in [-0.2, -0.15) is 0 Å². The Morgan fingerprint density at radius 3 is 2.74 bits per heavy atom. The Kier molecular flexibility index (Phi) is 4.49. The molecular formula is C18H28N4O. The Balaban J connectivity index is 1.26. The van der Waals surface area contributed by atoms with E-state index in [1.54, 1.807) is 0 Å². The number of hydrogen-bond acceptors (Lipinski definition) is 5. The fraction of sp³-hybridized carbons (Fsp3) is 0.778. The molecule has 3 aliphatic rings. The van der Waals surface area contributed by atoms with Crippen molar-refractivity contribution in [3.8, 4) is 0 Å². The van der Waals surface area contributed by atoms with Crippen molar-refractivity contribution in [2.45, 2.75) is 57.6 Å². The van der Waals surface area contributed by atoms with Gasteiger partial charge in [-0.25, -0.2) is 9.97 Å². The Morgan fingerprint density at radius 1 is 1.17 bits per heavy atom. The lowest BCUT2D eigenvalue weighted by Gasteiger charge is -2.23. The van der Waals surface area contributed by atoms with Crippen molar-refractivity contribution >= 4 is 5.95 Å². The molecule has 1 atom stereocenters.